The summed E-state index contributed by atoms with van der Waals surface area (Å²) in [5.74, 6) is -2.55. The number of cyclic esters (lactones) is 1. The molecule has 5 rings (SSSR count). The molecule has 180 valence electrons. The first kappa shape index (κ1) is 22.7. The molecule has 8 nitrogen and oxygen atoms in total. The molecule has 3 fully saturated rings. The lowest BCUT2D eigenvalue weighted by Crippen LogP contribution is -2.71. The molecule has 1 saturated heterocycles. The minimum absolute atomic E-state index is 0.0745. The maximum atomic E-state index is 12.8. The van der Waals surface area contributed by atoms with Crippen molar-refractivity contribution in [2.45, 2.75) is 71.4 Å². The molecule has 0 radical (unpaired) electrons. The first-order valence-electron chi connectivity index (χ1n) is 11.7. The van der Waals surface area contributed by atoms with Crippen LogP contribution in [0.3, 0.4) is 0 Å². The Kier molecular flexibility index (Phi) is 4.82. The lowest BCUT2D eigenvalue weighted by Gasteiger charge is -2.68. The van der Waals surface area contributed by atoms with E-state index in [4.69, 9.17) is 9.47 Å². The molecule has 0 unspecified atom stereocenters. The van der Waals surface area contributed by atoms with Gasteiger partial charge in [0.2, 0.25) is 0 Å². The van der Waals surface area contributed by atoms with Crippen LogP contribution < -0.4 is 0 Å². The molecule has 0 bridgehead atoms. The van der Waals surface area contributed by atoms with E-state index in [-0.39, 0.29) is 31.1 Å². The number of ketones is 1. The molecule has 5 aliphatic rings. The Morgan fingerprint density at radius 1 is 1.09 bits per heavy atom. The summed E-state index contributed by atoms with van der Waals surface area (Å²) in [5.41, 5.74) is -1.25. The van der Waals surface area contributed by atoms with Crippen molar-refractivity contribution >= 4 is 17.7 Å². The number of hydrogen-bond acceptors (Lipinski definition) is 8. The smallest absolute Gasteiger partial charge is 0.331 e. The van der Waals surface area contributed by atoms with Crippen molar-refractivity contribution in [3.05, 3.63) is 23.3 Å². The summed E-state index contributed by atoms with van der Waals surface area (Å²) in [6.07, 6.45) is 0.0308. The summed E-state index contributed by atoms with van der Waals surface area (Å²) < 4.78 is 11.5. The molecule has 8 heteroatoms. The van der Waals surface area contributed by atoms with Crippen molar-refractivity contribution < 1.29 is 39.2 Å². The van der Waals surface area contributed by atoms with Crippen LogP contribution in [0.15, 0.2) is 23.3 Å². The van der Waals surface area contributed by atoms with Crippen molar-refractivity contribution in [1.82, 2.24) is 0 Å². The minimum atomic E-state index is -1.29. The molecule has 2 saturated carbocycles. The zero-order chi connectivity index (χ0) is 24.1. The largest absolute Gasteiger partial charge is 0.461 e. The van der Waals surface area contributed by atoms with Gasteiger partial charge in [-0.3, -0.25) is 9.59 Å². The zero-order valence-electron chi connectivity index (χ0n) is 19.4. The highest BCUT2D eigenvalue weighted by atomic mass is 16.6. The van der Waals surface area contributed by atoms with E-state index in [1.807, 2.05) is 27.7 Å². The predicted octanol–water partition coefficient (Wildman–Crippen LogP) is 1.07. The topological polar surface area (TPSA) is 130 Å². The normalized spacial score (nSPS) is 51.1. The quantitative estimate of drug-likeness (QED) is 0.522. The van der Waals surface area contributed by atoms with Crippen molar-refractivity contribution in [2.75, 3.05) is 6.61 Å². The number of hydrogen-bond donors (Lipinski definition) is 3. The number of rotatable bonds is 2. The summed E-state index contributed by atoms with van der Waals surface area (Å²) in [6, 6.07) is 0. The Morgan fingerprint density at radius 3 is 2.45 bits per heavy atom. The Hall–Kier alpha value is -2.03. The van der Waals surface area contributed by atoms with Crippen molar-refractivity contribution in [2.24, 2.45) is 34.0 Å². The molecular formula is C25H32O8. The molecular weight excluding hydrogens is 428 g/mol. The van der Waals surface area contributed by atoms with Gasteiger partial charge < -0.3 is 24.8 Å². The highest BCUT2D eigenvalue weighted by molar-refractivity contribution is 5.96. The summed E-state index contributed by atoms with van der Waals surface area (Å²) in [7, 11) is 0. The second-order valence-electron chi connectivity index (χ2n) is 11.3. The highest BCUT2D eigenvalue weighted by Crippen LogP contribution is 2.70. The lowest BCUT2D eigenvalue weighted by molar-refractivity contribution is -0.232. The van der Waals surface area contributed by atoms with Gasteiger partial charge in [-0.15, -0.1) is 0 Å². The predicted molar refractivity (Wildman–Crippen MR) is 114 cm³/mol. The zero-order valence-corrected chi connectivity index (χ0v) is 19.4. The van der Waals surface area contributed by atoms with Crippen LogP contribution in [0, 0.1) is 34.0 Å². The van der Waals surface area contributed by atoms with Gasteiger partial charge in [0.05, 0.1) is 19.1 Å². The molecule has 33 heavy (non-hydrogen) atoms. The third kappa shape index (κ3) is 2.71. The van der Waals surface area contributed by atoms with Gasteiger partial charge in [-0.05, 0) is 37.3 Å². The summed E-state index contributed by atoms with van der Waals surface area (Å²) >= 11 is 0. The fourth-order valence-electron chi connectivity index (χ4n) is 8.43. The van der Waals surface area contributed by atoms with E-state index in [9.17, 15) is 29.7 Å². The fourth-order valence-corrected chi connectivity index (χ4v) is 8.43. The number of aliphatic hydroxyl groups excluding tert-OH is 3. The number of fused-ring (bicyclic) bond motifs is 2. The fraction of sp³-hybridized carbons (Fsp3) is 0.720. The Labute approximate surface area is 192 Å². The molecule has 0 aromatic carbocycles. The number of ether oxygens (including phenoxy) is 2. The van der Waals surface area contributed by atoms with Crippen LogP contribution in [0.25, 0.3) is 0 Å². The van der Waals surface area contributed by atoms with Crippen molar-refractivity contribution in [1.29, 1.82) is 0 Å². The maximum Gasteiger partial charge on any atom is 0.331 e. The SMILES string of the molecule is CC1=CC(=O)[C@@H](O)[C@@]2(C)[C@H]1C[C@H]1OC(=O)C=C3[C@@]1(C)[C@@H]2[C@H](O)C[C@@]3(C)[C@H]1OC(=O)C[C@@H]1CO. The van der Waals surface area contributed by atoms with Gasteiger partial charge in [-0.1, -0.05) is 26.3 Å². The number of allylic oxidation sites excluding steroid dienone is 1. The number of carbonyl (C=O) groups excluding carboxylic acids is 3. The van der Waals surface area contributed by atoms with Crippen LogP contribution in [0.1, 0.15) is 47.0 Å². The van der Waals surface area contributed by atoms with Crippen molar-refractivity contribution in [3.63, 3.8) is 0 Å². The van der Waals surface area contributed by atoms with Crippen LogP contribution in [0.5, 0.6) is 0 Å². The first-order chi connectivity index (χ1) is 15.4. The standard InChI is InChI=1S/C25H32O8/c1-11-5-14(27)21(31)24(3)13(11)7-17-25(4)16(8-19(30)32-17)23(2,9-15(28)20(24)25)22-12(10-26)6-18(29)33-22/h5,8,12-13,15,17,20-22,26,28,31H,6-7,9-10H2,1-4H3/t12-,13+,15-,17-,20-,21-,22+,23-,24+,25-/m1/s1. The van der Waals surface area contributed by atoms with E-state index < -0.39 is 64.4 Å². The van der Waals surface area contributed by atoms with Gasteiger partial charge in [-0.25, -0.2) is 4.79 Å². The van der Waals surface area contributed by atoms with E-state index in [2.05, 4.69) is 0 Å². The molecule has 3 N–H and O–H groups in total. The van der Waals surface area contributed by atoms with Gasteiger partial charge in [0.15, 0.2) is 5.78 Å². The third-order valence-electron chi connectivity index (χ3n) is 9.68. The van der Waals surface area contributed by atoms with E-state index in [1.165, 1.54) is 12.2 Å². The third-order valence-corrected chi connectivity index (χ3v) is 9.68. The van der Waals surface area contributed by atoms with E-state index in [0.29, 0.717) is 12.0 Å². The van der Waals surface area contributed by atoms with E-state index in [1.54, 1.807) is 0 Å². The molecule has 10 atom stereocenters. The lowest BCUT2D eigenvalue weighted by atomic mass is 9.38. The van der Waals surface area contributed by atoms with Gasteiger partial charge in [0, 0.05) is 34.2 Å². The number of esters is 2. The minimum Gasteiger partial charge on any atom is -0.461 e. The summed E-state index contributed by atoms with van der Waals surface area (Å²) in [5, 5.41) is 32.8. The van der Waals surface area contributed by atoms with Gasteiger partial charge in [0.25, 0.3) is 0 Å². The van der Waals surface area contributed by atoms with Gasteiger partial charge >= 0.3 is 11.9 Å². The molecule has 0 amide bonds. The maximum absolute atomic E-state index is 12.8. The average molecular weight is 461 g/mol. The summed E-state index contributed by atoms with van der Waals surface area (Å²) in [4.78, 5) is 37.6. The van der Waals surface area contributed by atoms with Crippen LogP contribution in [0.2, 0.25) is 0 Å². The van der Waals surface area contributed by atoms with E-state index in [0.717, 1.165) is 5.57 Å². The van der Waals surface area contributed by atoms with Crippen LogP contribution in [-0.4, -0.2) is 64.1 Å². The average Bonchev–Trinajstić information content (AvgIpc) is 3.12. The number of aliphatic hydroxyl groups is 3. The van der Waals surface area contributed by atoms with Crippen LogP contribution in [-0.2, 0) is 23.9 Å². The first-order valence-corrected chi connectivity index (χ1v) is 11.7. The van der Waals surface area contributed by atoms with E-state index >= 15 is 0 Å². The summed E-state index contributed by atoms with van der Waals surface area (Å²) in [6.45, 7) is 7.25. The molecule has 3 aliphatic carbocycles. The molecule has 0 spiro atoms. The Morgan fingerprint density at radius 2 is 1.79 bits per heavy atom. The van der Waals surface area contributed by atoms with Crippen LogP contribution >= 0.6 is 0 Å². The molecule has 2 aliphatic heterocycles. The highest BCUT2D eigenvalue weighted by Gasteiger charge is 2.72. The van der Waals surface area contributed by atoms with Crippen LogP contribution in [0.4, 0.5) is 0 Å². The Bertz CT molecular complexity index is 998. The Balaban J connectivity index is 1.70. The van der Waals surface area contributed by atoms with Crippen molar-refractivity contribution in [3.8, 4) is 0 Å². The second-order valence-corrected chi connectivity index (χ2v) is 11.3. The molecule has 0 aromatic rings. The number of carbonyl (C=O) groups is 3. The van der Waals surface area contributed by atoms with Gasteiger partial charge in [0.1, 0.15) is 18.3 Å². The monoisotopic (exact) mass is 460 g/mol. The second kappa shape index (κ2) is 6.99. The molecule has 0 aromatic heterocycles. The van der Waals surface area contributed by atoms with Gasteiger partial charge in [-0.2, -0.15) is 0 Å². The molecule has 2 heterocycles.